The molecule has 0 N–H and O–H groups in total. The van der Waals surface area contributed by atoms with Gasteiger partial charge in [0.25, 0.3) is 0 Å². The number of aromatic nitrogens is 2. The summed E-state index contributed by atoms with van der Waals surface area (Å²) in [6.45, 7) is 6.11. The van der Waals surface area contributed by atoms with Crippen LogP contribution in [0.4, 0.5) is 5.69 Å². The Kier molecular flexibility index (Phi) is 6.27. The van der Waals surface area contributed by atoms with Crippen molar-refractivity contribution in [2.75, 3.05) is 0 Å². The van der Waals surface area contributed by atoms with Crippen LogP contribution in [0.25, 0.3) is 12.2 Å². The Morgan fingerprint density at radius 1 is 1.00 bits per heavy atom. The van der Waals surface area contributed by atoms with Crippen LogP contribution in [0.2, 0.25) is 0 Å². The average Bonchev–Trinajstić information content (AvgIpc) is 2.60. The maximum atomic E-state index is 12.7. The van der Waals surface area contributed by atoms with Crippen molar-refractivity contribution in [3.05, 3.63) is 72.0 Å². The lowest BCUT2D eigenvalue weighted by molar-refractivity contribution is -0.387. The predicted octanol–water partition coefficient (Wildman–Crippen LogP) is 3.22. The predicted molar refractivity (Wildman–Crippen MR) is 102 cm³/mol. The Labute approximate surface area is 151 Å². The highest BCUT2D eigenvalue weighted by atomic mass is 16.6. The minimum absolute atomic E-state index is 0.0415. The summed E-state index contributed by atoms with van der Waals surface area (Å²) in [6.07, 6.45) is 4.32. The Bertz CT molecular complexity index is 937. The Morgan fingerprint density at radius 2 is 1.58 bits per heavy atom. The molecule has 0 aliphatic heterocycles. The monoisotopic (exact) mass is 357 g/mol. The van der Waals surface area contributed by atoms with Crippen LogP contribution in [-0.4, -0.2) is 14.1 Å². The van der Waals surface area contributed by atoms with Gasteiger partial charge < -0.3 is 0 Å². The molecule has 0 fully saturated rings. The molecule has 26 heavy (non-hydrogen) atoms. The molecule has 0 unspecified atom stereocenters. The summed E-state index contributed by atoms with van der Waals surface area (Å²) in [5.74, 6) is 0. The second-order valence-corrected chi connectivity index (χ2v) is 6.13. The molecule has 1 aromatic carbocycles. The fourth-order valence-corrected chi connectivity index (χ4v) is 2.75. The molecular formula is C19H23N3O4. The topological polar surface area (TPSA) is 87.1 Å². The molecule has 2 rings (SSSR count). The number of nitro groups is 1. The van der Waals surface area contributed by atoms with Crippen LogP contribution in [0.5, 0.6) is 0 Å². The van der Waals surface area contributed by atoms with Gasteiger partial charge in [0.2, 0.25) is 0 Å². The second kappa shape index (κ2) is 8.42. The zero-order valence-electron chi connectivity index (χ0n) is 15.3. The summed E-state index contributed by atoms with van der Waals surface area (Å²) >= 11 is 0. The lowest BCUT2D eigenvalue weighted by Gasteiger charge is -2.13. The first-order chi connectivity index (χ1) is 12.4. The number of hydrogen-bond donors (Lipinski definition) is 0. The van der Waals surface area contributed by atoms with Crippen molar-refractivity contribution < 1.29 is 4.92 Å². The largest absolute Gasteiger partial charge is 0.357 e. The fraction of sp³-hybridized carbons (Fsp3) is 0.368. The highest BCUT2D eigenvalue weighted by Gasteiger charge is 2.25. The first kappa shape index (κ1) is 19.4. The van der Waals surface area contributed by atoms with Crippen molar-refractivity contribution in [3.8, 4) is 0 Å². The molecule has 0 spiro atoms. The first-order valence-corrected chi connectivity index (χ1v) is 8.67. The van der Waals surface area contributed by atoms with Crippen LogP contribution in [0, 0.1) is 17.0 Å². The van der Waals surface area contributed by atoms with Crippen LogP contribution < -0.4 is 11.2 Å². The van der Waals surface area contributed by atoms with Crippen molar-refractivity contribution in [2.24, 2.45) is 0 Å². The van der Waals surface area contributed by atoms with Gasteiger partial charge in [-0.25, -0.2) is 4.79 Å². The minimum atomic E-state index is -0.849. The fourth-order valence-electron chi connectivity index (χ4n) is 2.75. The van der Waals surface area contributed by atoms with E-state index >= 15 is 0 Å². The number of rotatable bonds is 7. The summed E-state index contributed by atoms with van der Waals surface area (Å²) in [7, 11) is 0. The Morgan fingerprint density at radius 3 is 2.12 bits per heavy atom. The molecule has 0 amide bonds. The van der Waals surface area contributed by atoms with E-state index in [1.54, 1.807) is 6.08 Å². The molecular weight excluding hydrogens is 334 g/mol. The summed E-state index contributed by atoms with van der Waals surface area (Å²) in [5.41, 5.74) is 0.0524. The molecule has 0 saturated carbocycles. The van der Waals surface area contributed by atoms with E-state index in [1.807, 2.05) is 45.0 Å². The Balaban J connectivity index is 2.72. The van der Waals surface area contributed by atoms with Crippen molar-refractivity contribution in [3.63, 3.8) is 0 Å². The summed E-state index contributed by atoms with van der Waals surface area (Å²) in [4.78, 5) is 36.1. The zero-order chi connectivity index (χ0) is 19.3. The van der Waals surface area contributed by atoms with E-state index in [4.69, 9.17) is 0 Å². The van der Waals surface area contributed by atoms with Crippen molar-refractivity contribution in [2.45, 2.75) is 46.7 Å². The lowest BCUT2D eigenvalue weighted by Crippen LogP contribution is -2.42. The first-order valence-electron chi connectivity index (χ1n) is 8.67. The lowest BCUT2D eigenvalue weighted by atomic mass is 10.1. The molecule has 0 saturated heterocycles. The van der Waals surface area contributed by atoms with E-state index in [9.17, 15) is 19.7 Å². The van der Waals surface area contributed by atoms with Crippen molar-refractivity contribution in [1.29, 1.82) is 0 Å². The zero-order valence-corrected chi connectivity index (χ0v) is 15.3. The highest BCUT2D eigenvalue weighted by molar-refractivity contribution is 5.72. The number of aryl methyl sites for hydroxylation is 1. The van der Waals surface area contributed by atoms with Crippen LogP contribution in [0.1, 0.15) is 43.5 Å². The van der Waals surface area contributed by atoms with Gasteiger partial charge in [-0.05, 0) is 31.4 Å². The third-order valence-electron chi connectivity index (χ3n) is 4.03. The van der Waals surface area contributed by atoms with E-state index in [1.165, 1.54) is 10.6 Å². The molecule has 0 bridgehead atoms. The van der Waals surface area contributed by atoms with E-state index in [2.05, 4.69) is 0 Å². The van der Waals surface area contributed by atoms with Gasteiger partial charge in [0.05, 0.1) is 4.92 Å². The van der Waals surface area contributed by atoms with Gasteiger partial charge in [0.1, 0.15) is 5.69 Å². The van der Waals surface area contributed by atoms with Gasteiger partial charge in [0.15, 0.2) is 0 Å². The number of hydrogen-bond acceptors (Lipinski definition) is 4. The van der Waals surface area contributed by atoms with Gasteiger partial charge in [0, 0.05) is 13.1 Å². The van der Waals surface area contributed by atoms with Crippen molar-refractivity contribution >= 4 is 17.8 Å². The summed E-state index contributed by atoms with van der Waals surface area (Å²) in [6, 6.07) is 7.59. The molecule has 0 aliphatic carbocycles. The van der Waals surface area contributed by atoms with Gasteiger partial charge in [-0.2, -0.15) is 0 Å². The van der Waals surface area contributed by atoms with E-state index < -0.39 is 21.9 Å². The maximum Gasteiger partial charge on any atom is 0.357 e. The van der Waals surface area contributed by atoms with E-state index in [0.29, 0.717) is 19.4 Å². The minimum Gasteiger partial charge on any atom is -0.287 e. The smallest absolute Gasteiger partial charge is 0.287 e. The standard InChI is InChI=1S/C19H23N3O4/c1-4-12-20-16(11-10-15-8-6-14(3)7-9-15)17(22(25)26)18(23)21(13-5-2)19(20)24/h6-11H,4-5,12-13H2,1-3H3/b11-10+. The summed E-state index contributed by atoms with van der Waals surface area (Å²) in [5, 5.41) is 11.6. The van der Waals surface area contributed by atoms with Crippen LogP contribution in [-0.2, 0) is 13.1 Å². The van der Waals surface area contributed by atoms with Crippen LogP contribution in [0.15, 0.2) is 33.9 Å². The highest BCUT2D eigenvalue weighted by Crippen LogP contribution is 2.17. The molecule has 138 valence electrons. The number of benzene rings is 1. The van der Waals surface area contributed by atoms with Gasteiger partial charge in [-0.3, -0.25) is 24.0 Å². The SMILES string of the molecule is CCCn1c(/C=C/c2ccc(C)cc2)c([N+](=O)[O-])c(=O)n(CCC)c1=O. The Hall–Kier alpha value is -2.96. The van der Waals surface area contributed by atoms with Gasteiger partial charge >= 0.3 is 16.9 Å². The van der Waals surface area contributed by atoms with Crippen molar-refractivity contribution in [1.82, 2.24) is 9.13 Å². The molecule has 7 heteroatoms. The average molecular weight is 357 g/mol. The number of nitrogens with zero attached hydrogens (tertiary/aromatic N) is 3. The maximum absolute atomic E-state index is 12.7. The third kappa shape index (κ3) is 3.99. The van der Waals surface area contributed by atoms with Crippen LogP contribution >= 0.6 is 0 Å². The molecule has 2 aromatic rings. The van der Waals surface area contributed by atoms with Crippen LogP contribution in [0.3, 0.4) is 0 Å². The van der Waals surface area contributed by atoms with Gasteiger partial charge in [-0.1, -0.05) is 49.8 Å². The van der Waals surface area contributed by atoms with E-state index in [-0.39, 0.29) is 12.2 Å². The normalized spacial score (nSPS) is 11.2. The quantitative estimate of drug-likeness (QED) is 0.562. The molecule has 7 nitrogen and oxygen atoms in total. The molecule has 0 radical (unpaired) electrons. The second-order valence-electron chi connectivity index (χ2n) is 6.13. The molecule has 0 aliphatic rings. The molecule has 1 aromatic heterocycles. The molecule has 0 atom stereocenters. The summed E-state index contributed by atoms with van der Waals surface area (Å²) < 4.78 is 2.27. The van der Waals surface area contributed by atoms with Gasteiger partial charge in [-0.15, -0.1) is 0 Å². The van der Waals surface area contributed by atoms with E-state index in [0.717, 1.165) is 15.7 Å². The molecule has 1 heterocycles. The third-order valence-corrected chi connectivity index (χ3v) is 4.03.